The van der Waals surface area contributed by atoms with Crippen LogP contribution in [0.4, 0.5) is 4.39 Å². The van der Waals surface area contributed by atoms with Crippen LogP contribution < -0.4 is 0 Å². The first-order valence-corrected chi connectivity index (χ1v) is 5.83. The molecule has 0 atom stereocenters. The zero-order chi connectivity index (χ0) is 11.0. The Morgan fingerprint density at radius 2 is 2.25 bits per heavy atom. The summed E-state index contributed by atoms with van der Waals surface area (Å²) in [4.78, 5) is 5.24. The van der Waals surface area contributed by atoms with Crippen LogP contribution in [0.5, 0.6) is 0 Å². The van der Waals surface area contributed by atoms with Crippen molar-refractivity contribution in [3.63, 3.8) is 0 Å². The lowest BCUT2D eigenvalue weighted by Crippen LogP contribution is -1.95. The molecule has 80 valence electrons. The topological polar surface area (TPSA) is 17.8 Å². The number of benzene rings is 1. The summed E-state index contributed by atoms with van der Waals surface area (Å²) in [6.45, 7) is 0.791. The van der Waals surface area contributed by atoms with Gasteiger partial charge < -0.3 is 4.57 Å². The van der Waals surface area contributed by atoms with Gasteiger partial charge in [-0.05, 0) is 24.3 Å². The lowest BCUT2D eigenvalue weighted by atomic mass is 10.2. The summed E-state index contributed by atoms with van der Waals surface area (Å²) in [5.74, 6) is -0.192. The first-order valence-electron chi connectivity index (χ1n) is 4.95. The number of hydrogen-bond acceptors (Lipinski definition) is 2. The van der Waals surface area contributed by atoms with E-state index in [0.29, 0.717) is 0 Å². The van der Waals surface area contributed by atoms with Gasteiger partial charge in [-0.1, -0.05) is 0 Å². The van der Waals surface area contributed by atoms with Gasteiger partial charge in [0, 0.05) is 28.2 Å². The highest BCUT2D eigenvalue weighted by Gasteiger charge is 2.03. The Balaban J connectivity index is 2.04. The van der Waals surface area contributed by atoms with Crippen LogP contribution in [-0.2, 0) is 6.54 Å². The number of rotatable bonds is 2. The maximum atomic E-state index is 13.0. The Morgan fingerprint density at radius 3 is 3.06 bits per heavy atom. The fraction of sp³-hybridized carbons (Fsp3) is 0.0833. The molecular weight excluding hydrogens is 223 g/mol. The van der Waals surface area contributed by atoms with Gasteiger partial charge in [-0.2, -0.15) is 0 Å². The molecule has 0 aliphatic heterocycles. The van der Waals surface area contributed by atoms with E-state index in [1.807, 2.05) is 30.0 Å². The zero-order valence-electron chi connectivity index (χ0n) is 8.43. The van der Waals surface area contributed by atoms with E-state index in [1.165, 1.54) is 10.9 Å². The van der Waals surface area contributed by atoms with Gasteiger partial charge in [0.15, 0.2) is 0 Å². The fourth-order valence-corrected chi connectivity index (χ4v) is 2.39. The standard InChI is InChI=1S/C12H9FN2S/c13-10-1-2-12-9(5-10)3-4-15(12)7-11-6-14-8-16-11/h1-6,8H,7H2. The normalized spacial score (nSPS) is 11.1. The Bertz CT molecular complexity index is 613. The van der Waals surface area contributed by atoms with Crippen LogP contribution in [0.25, 0.3) is 10.9 Å². The molecule has 0 aliphatic rings. The van der Waals surface area contributed by atoms with Crippen molar-refractivity contribution < 1.29 is 4.39 Å². The monoisotopic (exact) mass is 232 g/mol. The number of nitrogens with zero attached hydrogens (tertiary/aromatic N) is 2. The third kappa shape index (κ3) is 1.61. The van der Waals surface area contributed by atoms with Crippen molar-refractivity contribution >= 4 is 22.2 Å². The summed E-state index contributed by atoms with van der Waals surface area (Å²) < 4.78 is 15.1. The highest BCUT2D eigenvalue weighted by Crippen LogP contribution is 2.19. The van der Waals surface area contributed by atoms with Crippen molar-refractivity contribution in [3.8, 4) is 0 Å². The average molecular weight is 232 g/mol. The van der Waals surface area contributed by atoms with E-state index in [4.69, 9.17) is 0 Å². The van der Waals surface area contributed by atoms with Crippen LogP contribution >= 0.6 is 11.3 Å². The van der Waals surface area contributed by atoms with Gasteiger partial charge in [-0.25, -0.2) is 4.39 Å². The molecule has 2 aromatic heterocycles. The lowest BCUT2D eigenvalue weighted by Gasteiger charge is -2.02. The Morgan fingerprint density at radius 1 is 1.31 bits per heavy atom. The molecule has 3 rings (SSSR count). The first-order chi connectivity index (χ1) is 7.83. The van der Waals surface area contributed by atoms with Crippen molar-refractivity contribution in [2.24, 2.45) is 0 Å². The molecule has 2 nitrogen and oxygen atoms in total. The largest absolute Gasteiger partial charge is 0.342 e. The van der Waals surface area contributed by atoms with Crippen molar-refractivity contribution in [2.75, 3.05) is 0 Å². The smallest absolute Gasteiger partial charge is 0.123 e. The second kappa shape index (κ2) is 3.72. The highest BCUT2D eigenvalue weighted by molar-refractivity contribution is 7.09. The van der Waals surface area contributed by atoms with Gasteiger partial charge in [0.05, 0.1) is 12.1 Å². The Kier molecular flexibility index (Phi) is 2.22. The van der Waals surface area contributed by atoms with Gasteiger partial charge in [0.25, 0.3) is 0 Å². The second-order valence-electron chi connectivity index (χ2n) is 3.61. The van der Waals surface area contributed by atoms with E-state index in [0.717, 1.165) is 17.4 Å². The predicted molar refractivity (Wildman–Crippen MR) is 63.1 cm³/mol. The van der Waals surface area contributed by atoms with E-state index in [-0.39, 0.29) is 5.82 Å². The number of aromatic nitrogens is 2. The predicted octanol–water partition coefficient (Wildman–Crippen LogP) is 3.29. The van der Waals surface area contributed by atoms with Crippen LogP contribution in [0.15, 0.2) is 42.2 Å². The summed E-state index contributed by atoms with van der Waals surface area (Å²) >= 11 is 1.63. The van der Waals surface area contributed by atoms with Crippen molar-refractivity contribution in [1.29, 1.82) is 0 Å². The summed E-state index contributed by atoms with van der Waals surface area (Å²) in [6, 6.07) is 6.79. The highest BCUT2D eigenvalue weighted by atomic mass is 32.1. The average Bonchev–Trinajstić information content (AvgIpc) is 2.89. The molecule has 16 heavy (non-hydrogen) atoms. The molecule has 0 fully saturated rings. The Hall–Kier alpha value is -1.68. The molecule has 0 radical (unpaired) electrons. The molecular formula is C12H9FN2S. The molecule has 2 heterocycles. The van der Waals surface area contributed by atoms with Crippen molar-refractivity contribution in [3.05, 3.63) is 52.9 Å². The third-order valence-corrected chi connectivity index (χ3v) is 3.31. The van der Waals surface area contributed by atoms with Crippen molar-refractivity contribution in [2.45, 2.75) is 6.54 Å². The molecule has 0 amide bonds. The summed E-state index contributed by atoms with van der Waals surface area (Å²) in [5, 5.41) is 0.935. The van der Waals surface area contributed by atoms with E-state index < -0.39 is 0 Å². The van der Waals surface area contributed by atoms with E-state index in [1.54, 1.807) is 17.4 Å². The molecule has 0 bridgehead atoms. The number of halogens is 1. The number of thiazole rings is 1. The van der Waals surface area contributed by atoms with Crippen LogP contribution in [0.2, 0.25) is 0 Å². The summed E-state index contributed by atoms with van der Waals surface area (Å²) in [5.41, 5.74) is 2.87. The second-order valence-corrected chi connectivity index (χ2v) is 4.59. The van der Waals surface area contributed by atoms with Crippen LogP contribution in [0.1, 0.15) is 4.88 Å². The number of hydrogen-bond donors (Lipinski definition) is 0. The molecule has 0 spiro atoms. The van der Waals surface area contributed by atoms with E-state index in [2.05, 4.69) is 9.55 Å². The van der Waals surface area contributed by atoms with Crippen LogP contribution in [-0.4, -0.2) is 9.55 Å². The lowest BCUT2D eigenvalue weighted by molar-refractivity contribution is 0.629. The molecule has 0 aliphatic carbocycles. The minimum atomic E-state index is -0.192. The maximum Gasteiger partial charge on any atom is 0.123 e. The first kappa shape index (κ1) is 9.54. The van der Waals surface area contributed by atoms with Crippen molar-refractivity contribution in [1.82, 2.24) is 9.55 Å². The van der Waals surface area contributed by atoms with E-state index >= 15 is 0 Å². The van der Waals surface area contributed by atoms with E-state index in [9.17, 15) is 4.39 Å². The van der Waals surface area contributed by atoms with Gasteiger partial charge in [0.2, 0.25) is 0 Å². The maximum absolute atomic E-state index is 13.0. The zero-order valence-corrected chi connectivity index (χ0v) is 9.25. The minimum Gasteiger partial charge on any atom is -0.342 e. The molecule has 0 saturated carbocycles. The summed E-state index contributed by atoms with van der Waals surface area (Å²) in [7, 11) is 0. The number of fused-ring (bicyclic) bond motifs is 1. The van der Waals surface area contributed by atoms with Gasteiger partial charge >= 0.3 is 0 Å². The SMILES string of the molecule is Fc1ccc2c(ccn2Cc2cncs2)c1. The molecule has 4 heteroatoms. The van der Waals surface area contributed by atoms with Crippen LogP contribution in [0, 0.1) is 5.82 Å². The molecule has 3 aromatic rings. The van der Waals surface area contributed by atoms with Gasteiger partial charge in [-0.3, -0.25) is 4.98 Å². The fourth-order valence-electron chi connectivity index (χ4n) is 1.80. The quantitative estimate of drug-likeness (QED) is 0.663. The molecule has 0 unspecified atom stereocenters. The van der Waals surface area contributed by atoms with Gasteiger partial charge in [-0.15, -0.1) is 11.3 Å². The van der Waals surface area contributed by atoms with Gasteiger partial charge in [0.1, 0.15) is 5.82 Å². The minimum absolute atomic E-state index is 0.192. The summed E-state index contributed by atoms with van der Waals surface area (Å²) in [6.07, 6.45) is 3.84. The molecule has 0 saturated heterocycles. The molecule has 1 aromatic carbocycles. The van der Waals surface area contributed by atoms with Crippen LogP contribution in [0.3, 0.4) is 0 Å². The third-order valence-electron chi connectivity index (χ3n) is 2.54. The Labute approximate surface area is 96.0 Å². The molecule has 0 N–H and O–H groups in total.